The third kappa shape index (κ3) is 32.3. The summed E-state index contributed by atoms with van der Waals surface area (Å²) in [5, 5.41) is 0. The number of carbonyl (C=O) groups excluding carboxylic acids is 2. The van der Waals surface area contributed by atoms with Crippen LogP contribution in [0.3, 0.4) is 0 Å². The molecule has 4 nitrogen and oxygen atoms in total. The molecule has 0 aliphatic carbocycles. The van der Waals surface area contributed by atoms with E-state index in [0.29, 0.717) is 18.1 Å². The van der Waals surface area contributed by atoms with Gasteiger partial charge in [0, 0.05) is 26.4 Å². The molecule has 258 valence electrons. The van der Waals surface area contributed by atoms with E-state index < -0.39 is 0 Å². The van der Waals surface area contributed by atoms with Crippen LogP contribution in [0.2, 0.25) is 0 Å². The number of amides is 1. The summed E-state index contributed by atoms with van der Waals surface area (Å²) < 4.78 is 0. The third-order valence-corrected chi connectivity index (χ3v) is 9.02. The Bertz CT molecular complexity index is 580. The van der Waals surface area contributed by atoms with E-state index in [1.54, 1.807) is 6.92 Å². The summed E-state index contributed by atoms with van der Waals surface area (Å²) in [4.78, 5) is 27.8. The molecule has 0 fully saturated rings. The van der Waals surface area contributed by atoms with Crippen molar-refractivity contribution in [2.24, 2.45) is 5.92 Å². The Morgan fingerprint density at radius 2 is 0.953 bits per heavy atom. The predicted molar refractivity (Wildman–Crippen MR) is 192 cm³/mol. The Labute approximate surface area is 271 Å². The monoisotopic (exact) mass is 609 g/mol. The maximum absolute atomic E-state index is 12.1. The van der Waals surface area contributed by atoms with E-state index in [1.165, 1.54) is 154 Å². The summed E-state index contributed by atoms with van der Waals surface area (Å²) >= 11 is 0. The van der Waals surface area contributed by atoms with E-state index in [4.69, 9.17) is 0 Å². The second kappa shape index (κ2) is 35.6. The van der Waals surface area contributed by atoms with Crippen LogP contribution in [-0.2, 0) is 9.59 Å². The van der Waals surface area contributed by atoms with Crippen molar-refractivity contribution in [1.82, 2.24) is 9.80 Å². The van der Waals surface area contributed by atoms with Gasteiger partial charge in [-0.3, -0.25) is 4.79 Å². The fourth-order valence-electron chi connectivity index (χ4n) is 6.01. The van der Waals surface area contributed by atoms with Gasteiger partial charge >= 0.3 is 0 Å². The summed E-state index contributed by atoms with van der Waals surface area (Å²) in [6, 6.07) is 0. The lowest BCUT2D eigenvalue weighted by molar-refractivity contribution is -0.130. The second-order valence-corrected chi connectivity index (χ2v) is 13.1. The first-order chi connectivity index (χ1) is 20.9. The molecule has 1 unspecified atom stereocenters. The van der Waals surface area contributed by atoms with Crippen molar-refractivity contribution in [2.75, 3.05) is 33.2 Å². The minimum atomic E-state index is 0.271. The Hall–Kier alpha value is -0.900. The summed E-state index contributed by atoms with van der Waals surface area (Å²) in [6.07, 6.45) is 32.3. The summed E-state index contributed by atoms with van der Waals surface area (Å²) in [6.45, 7) is 16.8. The molecule has 0 bridgehead atoms. The van der Waals surface area contributed by atoms with E-state index in [1.807, 2.05) is 32.7 Å². The molecule has 1 atom stereocenters. The summed E-state index contributed by atoms with van der Waals surface area (Å²) in [5.41, 5.74) is 0. The number of carbonyl (C=O) groups is 2. The summed E-state index contributed by atoms with van der Waals surface area (Å²) in [5.74, 6) is 1.21. The lowest BCUT2D eigenvalue weighted by Gasteiger charge is -2.27. The van der Waals surface area contributed by atoms with Crippen LogP contribution in [-0.4, -0.2) is 54.7 Å². The molecule has 43 heavy (non-hydrogen) atoms. The molecule has 0 N–H and O–H groups in total. The number of Topliss-reactive ketones (excluding diaryl/α,β-unsaturated/α-hetero) is 1. The van der Waals surface area contributed by atoms with E-state index >= 15 is 0 Å². The Morgan fingerprint density at radius 1 is 0.558 bits per heavy atom. The van der Waals surface area contributed by atoms with Gasteiger partial charge in [0.05, 0.1) is 0 Å². The predicted octanol–water partition coefficient (Wildman–Crippen LogP) is 11.8. The van der Waals surface area contributed by atoms with Gasteiger partial charge < -0.3 is 14.6 Å². The second-order valence-electron chi connectivity index (χ2n) is 13.1. The largest absolute Gasteiger partial charge is 0.345 e. The van der Waals surface area contributed by atoms with Crippen LogP contribution in [0, 0.1) is 5.92 Å². The minimum absolute atomic E-state index is 0.271. The topological polar surface area (TPSA) is 40.6 Å². The van der Waals surface area contributed by atoms with E-state index in [2.05, 4.69) is 18.7 Å². The molecule has 0 aromatic rings. The van der Waals surface area contributed by atoms with E-state index in [-0.39, 0.29) is 5.91 Å². The van der Waals surface area contributed by atoms with E-state index in [9.17, 15) is 9.59 Å². The fraction of sp³-hybridized carbons (Fsp3) is 0.949. The standard InChI is InChI=1S/C37H74N2O2.C2H6/c1-6-9-10-11-12-13-14-15-18-21-24-27-31-39(33-30-36(7-2)34-38(5)37(41)8-3)32-28-25-22-19-16-17-20-23-26-29-35(4)40;1-2/h36H,6-34H2,1-5H3;1-2H3. The van der Waals surface area contributed by atoms with Crippen molar-refractivity contribution in [2.45, 2.75) is 202 Å². The fourth-order valence-corrected chi connectivity index (χ4v) is 6.01. The molecule has 0 aliphatic heterocycles. The lowest BCUT2D eigenvalue weighted by atomic mass is 10.0. The van der Waals surface area contributed by atoms with Crippen LogP contribution >= 0.6 is 0 Å². The van der Waals surface area contributed by atoms with Crippen molar-refractivity contribution < 1.29 is 9.59 Å². The normalized spacial score (nSPS) is 11.8. The molecule has 0 radical (unpaired) electrons. The van der Waals surface area contributed by atoms with Gasteiger partial charge in [0.2, 0.25) is 5.91 Å². The van der Waals surface area contributed by atoms with Gasteiger partial charge in [-0.15, -0.1) is 0 Å². The smallest absolute Gasteiger partial charge is 0.222 e. The zero-order valence-electron chi connectivity index (χ0n) is 30.8. The van der Waals surface area contributed by atoms with Crippen LogP contribution < -0.4 is 0 Å². The first kappa shape index (κ1) is 44.2. The highest BCUT2D eigenvalue weighted by molar-refractivity contribution is 5.75. The zero-order valence-corrected chi connectivity index (χ0v) is 30.8. The average Bonchev–Trinajstić information content (AvgIpc) is 3.01. The van der Waals surface area contributed by atoms with Gasteiger partial charge in [-0.25, -0.2) is 0 Å². The first-order valence-corrected chi connectivity index (χ1v) is 19.4. The SMILES string of the molecule is CC.CCCCCCCCCCCCCCN(CCCCCCCCCCCC(C)=O)CCC(CC)CN(C)C(=O)CC. The van der Waals surface area contributed by atoms with Crippen molar-refractivity contribution in [3.05, 3.63) is 0 Å². The molecule has 0 aromatic carbocycles. The molecule has 0 aromatic heterocycles. The number of nitrogens with zero attached hydrogens (tertiary/aromatic N) is 2. The maximum Gasteiger partial charge on any atom is 0.222 e. The lowest BCUT2D eigenvalue weighted by Crippen LogP contribution is -2.34. The van der Waals surface area contributed by atoms with Gasteiger partial charge in [0.25, 0.3) is 0 Å². The molecule has 0 spiro atoms. The van der Waals surface area contributed by atoms with Crippen LogP contribution in [0.15, 0.2) is 0 Å². The molecule has 0 rings (SSSR count). The molecular weight excluding hydrogens is 528 g/mol. The van der Waals surface area contributed by atoms with Crippen LogP contribution in [0.5, 0.6) is 0 Å². The van der Waals surface area contributed by atoms with Crippen LogP contribution in [0.4, 0.5) is 0 Å². The molecule has 0 heterocycles. The van der Waals surface area contributed by atoms with Crippen LogP contribution in [0.1, 0.15) is 202 Å². The number of rotatable bonds is 32. The molecule has 0 aliphatic rings. The van der Waals surface area contributed by atoms with Gasteiger partial charge in [-0.05, 0) is 58.2 Å². The van der Waals surface area contributed by atoms with Gasteiger partial charge in [-0.1, -0.05) is 157 Å². The highest BCUT2D eigenvalue weighted by Gasteiger charge is 2.15. The average molecular weight is 609 g/mol. The van der Waals surface area contributed by atoms with Crippen molar-refractivity contribution in [3.63, 3.8) is 0 Å². The highest BCUT2D eigenvalue weighted by atomic mass is 16.2. The number of unbranched alkanes of at least 4 members (excludes halogenated alkanes) is 19. The number of hydrogen-bond donors (Lipinski definition) is 0. The molecule has 4 heteroatoms. The Balaban J connectivity index is 0. The summed E-state index contributed by atoms with van der Waals surface area (Å²) in [7, 11) is 1.98. The van der Waals surface area contributed by atoms with Crippen molar-refractivity contribution >= 4 is 11.7 Å². The third-order valence-electron chi connectivity index (χ3n) is 9.02. The molecule has 0 saturated heterocycles. The quantitative estimate of drug-likeness (QED) is 0.0713. The van der Waals surface area contributed by atoms with Gasteiger partial charge in [0.15, 0.2) is 0 Å². The minimum Gasteiger partial charge on any atom is -0.345 e. The molecular formula is C39H80N2O2. The zero-order chi connectivity index (χ0) is 32.4. The van der Waals surface area contributed by atoms with Crippen molar-refractivity contribution in [3.8, 4) is 0 Å². The van der Waals surface area contributed by atoms with Crippen molar-refractivity contribution in [1.29, 1.82) is 0 Å². The first-order valence-electron chi connectivity index (χ1n) is 19.4. The Morgan fingerprint density at radius 3 is 1.33 bits per heavy atom. The number of ketones is 1. The van der Waals surface area contributed by atoms with Gasteiger partial charge in [-0.2, -0.15) is 0 Å². The van der Waals surface area contributed by atoms with E-state index in [0.717, 1.165) is 25.8 Å². The van der Waals surface area contributed by atoms with Gasteiger partial charge in [0.1, 0.15) is 5.78 Å². The highest BCUT2D eigenvalue weighted by Crippen LogP contribution is 2.16. The Kier molecular flexibility index (Phi) is 36.6. The number of hydrogen-bond acceptors (Lipinski definition) is 3. The molecule has 1 amide bonds. The maximum atomic E-state index is 12.1. The van der Waals surface area contributed by atoms with Crippen LogP contribution in [0.25, 0.3) is 0 Å². The molecule has 0 saturated carbocycles.